The van der Waals surface area contributed by atoms with Crippen molar-refractivity contribution in [2.24, 2.45) is 5.92 Å². The number of nitrogens with one attached hydrogen (secondary N) is 2. The van der Waals surface area contributed by atoms with Crippen molar-refractivity contribution in [1.29, 1.82) is 0 Å². The smallest absolute Gasteiger partial charge is 0.303 e. The summed E-state index contributed by atoms with van der Waals surface area (Å²) in [5.41, 5.74) is 3.16. The highest BCUT2D eigenvalue weighted by atomic mass is 16.4. The summed E-state index contributed by atoms with van der Waals surface area (Å²) in [6.45, 7) is 4.27. The average molecular weight is 528 g/mol. The van der Waals surface area contributed by atoms with Crippen LogP contribution in [0.25, 0.3) is 11.1 Å². The van der Waals surface area contributed by atoms with E-state index in [9.17, 15) is 24.3 Å². The molecule has 4 rings (SSSR count). The summed E-state index contributed by atoms with van der Waals surface area (Å²) < 4.78 is 0. The van der Waals surface area contributed by atoms with Gasteiger partial charge in [-0.1, -0.05) is 80.6 Å². The van der Waals surface area contributed by atoms with Gasteiger partial charge in [-0.25, -0.2) is 0 Å². The Kier molecular flexibility index (Phi) is 8.88. The molecule has 3 N–H and O–H groups in total. The molecule has 0 radical (unpaired) electrons. The summed E-state index contributed by atoms with van der Waals surface area (Å²) in [5.74, 6) is -2.23. The first-order valence-corrected chi connectivity index (χ1v) is 13.1. The monoisotopic (exact) mass is 527 g/mol. The van der Waals surface area contributed by atoms with Gasteiger partial charge in [-0.15, -0.1) is 0 Å². The van der Waals surface area contributed by atoms with E-state index >= 15 is 0 Å². The van der Waals surface area contributed by atoms with Crippen LogP contribution in [0.4, 0.5) is 0 Å². The van der Waals surface area contributed by atoms with Gasteiger partial charge in [0.2, 0.25) is 5.91 Å². The topological polar surface area (TPSA) is 116 Å². The fourth-order valence-corrected chi connectivity index (χ4v) is 4.76. The van der Waals surface area contributed by atoms with E-state index in [-0.39, 0.29) is 35.8 Å². The van der Waals surface area contributed by atoms with Gasteiger partial charge in [-0.2, -0.15) is 0 Å². The van der Waals surface area contributed by atoms with Crippen molar-refractivity contribution in [3.8, 4) is 11.1 Å². The number of aliphatic carboxylic acids is 1. The highest BCUT2D eigenvalue weighted by Crippen LogP contribution is 2.30. The number of nitrogens with zero attached hydrogens (tertiary/aromatic N) is 1. The van der Waals surface area contributed by atoms with Crippen LogP contribution >= 0.6 is 0 Å². The quantitative estimate of drug-likeness (QED) is 0.300. The van der Waals surface area contributed by atoms with Gasteiger partial charge in [0, 0.05) is 13.0 Å². The van der Waals surface area contributed by atoms with Crippen molar-refractivity contribution in [3.63, 3.8) is 0 Å². The van der Waals surface area contributed by atoms with Gasteiger partial charge in [0.05, 0.1) is 23.3 Å². The maximum absolute atomic E-state index is 13.6. The lowest BCUT2D eigenvalue weighted by atomic mass is 10.0. The second-order valence-corrected chi connectivity index (χ2v) is 10.1. The van der Waals surface area contributed by atoms with E-state index in [0.717, 1.165) is 21.6 Å². The molecule has 0 fully saturated rings. The van der Waals surface area contributed by atoms with Crippen molar-refractivity contribution in [2.75, 3.05) is 0 Å². The summed E-state index contributed by atoms with van der Waals surface area (Å²) >= 11 is 0. The molecule has 0 saturated carbocycles. The van der Waals surface area contributed by atoms with Crippen molar-refractivity contribution >= 4 is 23.7 Å². The number of carboxylic acid groups (broad SMARTS) is 1. The minimum atomic E-state index is -1.06. The number of carbonyl (C=O) groups is 4. The predicted octanol–water partition coefficient (Wildman–Crippen LogP) is 4.46. The largest absolute Gasteiger partial charge is 0.481 e. The van der Waals surface area contributed by atoms with Gasteiger partial charge in [0.1, 0.15) is 0 Å². The van der Waals surface area contributed by atoms with Crippen LogP contribution in [-0.2, 0) is 16.1 Å². The van der Waals surface area contributed by atoms with E-state index in [0.29, 0.717) is 13.0 Å². The molecule has 0 saturated heterocycles. The van der Waals surface area contributed by atoms with Crippen LogP contribution < -0.4 is 10.6 Å². The second-order valence-electron chi connectivity index (χ2n) is 10.1. The summed E-state index contributed by atoms with van der Waals surface area (Å²) in [6, 6.07) is 23.4. The lowest BCUT2D eigenvalue weighted by Crippen LogP contribution is -2.56. The lowest BCUT2D eigenvalue weighted by Gasteiger charge is -2.31. The zero-order chi connectivity index (χ0) is 27.9. The van der Waals surface area contributed by atoms with E-state index in [1.165, 1.54) is 0 Å². The van der Waals surface area contributed by atoms with Crippen LogP contribution in [-0.4, -0.2) is 45.9 Å². The Bertz CT molecular complexity index is 1340. The predicted molar refractivity (Wildman–Crippen MR) is 148 cm³/mol. The molecule has 8 nitrogen and oxygen atoms in total. The van der Waals surface area contributed by atoms with Crippen LogP contribution in [0, 0.1) is 5.92 Å². The Balaban J connectivity index is 1.58. The van der Waals surface area contributed by atoms with Crippen molar-refractivity contribution in [2.45, 2.75) is 51.9 Å². The van der Waals surface area contributed by atoms with Gasteiger partial charge in [-0.05, 0) is 47.6 Å². The number of fused-ring (bicyclic) bond motifs is 1. The Labute approximate surface area is 228 Å². The maximum Gasteiger partial charge on any atom is 0.303 e. The van der Waals surface area contributed by atoms with Gasteiger partial charge in [0.25, 0.3) is 11.8 Å². The lowest BCUT2D eigenvalue weighted by molar-refractivity contribution is -0.137. The zero-order valence-electron chi connectivity index (χ0n) is 22.1. The number of benzene rings is 3. The Morgan fingerprint density at radius 2 is 1.49 bits per heavy atom. The molecule has 2 atom stereocenters. The number of hydrogen-bond acceptors (Lipinski definition) is 5. The molecule has 3 aromatic rings. The van der Waals surface area contributed by atoms with Crippen molar-refractivity contribution in [1.82, 2.24) is 15.5 Å². The molecule has 39 heavy (non-hydrogen) atoms. The molecule has 1 heterocycles. The van der Waals surface area contributed by atoms with Crippen LogP contribution in [0.15, 0.2) is 78.9 Å². The summed E-state index contributed by atoms with van der Waals surface area (Å²) in [5, 5.41) is 15.5. The molecule has 0 aliphatic carbocycles. The minimum absolute atomic E-state index is 0.0348. The van der Waals surface area contributed by atoms with Gasteiger partial charge in [0.15, 0.2) is 0 Å². The van der Waals surface area contributed by atoms with Crippen LogP contribution in [0.3, 0.4) is 0 Å². The third-order valence-corrected chi connectivity index (χ3v) is 6.70. The molecular weight excluding hydrogens is 494 g/mol. The normalized spacial score (nSPS) is 14.3. The molecule has 3 amide bonds. The van der Waals surface area contributed by atoms with E-state index in [2.05, 4.69) is 10.6 Å². The molecule has 202 valence electrons. The first-order chi connectivity index (χ1) is 18.7. The zero-order valence-corrected chi connectivity index (χ0v) is 22.1. The third kappa shape index (κ3) is 6.78. The van der Waals surface area contributed by atoms with Crippen LogP contribution in [0.2, 0.25) is 0 Å². The van der Waals surface area contributed by atoms with Crippen molar-refractivity contribution < 1.29 is 24.3 Å². The molecule has 0 aromatic heterocycles. The fourth-order valence-electron chi connectivity index (χ4n) is 4.76. The van der Waals surface area contributed by atoms with E-state index in [4.69, 9.17) is 0 Å². The van der Waals surface area contributed by atoms with Crippen LogP contribution in [0.1, 0.15) is 59.4 Å². The molecule has 1 aliphatic heterocycles. The molecule has 1 aliphatic rings. The molecule has 0 bridgehead atoms. The van der Waals surface area contributed by atoms with Gasteiger partial charge >= 0.3 is 5.97 Å². The first-order valence-electron chi connectivity index (χ1n) is 13.1. The molecule has 0 spiro atoms. The molecule has 3 aromatic carbocycles. The van der Waals surface area contributed by atoms with E-state index in [1.807, 2.05) is 74.5 Å². The summed E-state index contributed by atoms with van der Waals surface area (Å²) in [4.78, 5) is 52.8. The fraction of sp³-hybridized carbons (Fsp3) is 0.290. The number of carbonyl (C=O) groups excluding carboxylic acids is 3. The van der Waals surface area contributed by atoms with Crippen LogP contribution in [0.5, 0.6) is 0 Å². The SMILES string of the molecule is CC(C)C[C@H](NC(CCC(=O)O)N1C(=O)c2ccc(-c3ccccc3)cc2C1=O)C(=O)NCc1ccccc1. The molecule has 1 unspecified atom stereocenters. The number of hydrogen-bond donors (Lipinski definition) is 3. The average Bonchev–Trinajstić information content (AvgIpc) is 3.18. The van der Waals surface area contributed by atoms with E-state index < -0.39 is 30.0 Å². The molecule has 8 heteroatoms. The number of imide groups is 1. The highest BCUT2D eigenvalue weighted by molar-refractivity contribution is 6.22. The Hall–Kier alpha value is -4.30. The van der Waals surface area contributed by atoms with Gasteiger partial charge < -0.3 is 10.4 Å². The van der Waals surface area contributed by atoms with Crippen molar-refractivity contribution in [3.05, 3.63) is 95.6 Å². The number of rotatable bonds is 12. The summed E-state index contributed by atoms with van der Waals surface area (Å²) in [6.07, 6.45) is -0.849. The highest BCUT2D eigenvalue weighted by Gasteiger charge is 2.41. The van der Waals surface area contributed by atoms with Gasteiger partial charge in [-0.3, -0.25) is 29.4 Å². The Morgan fingerprint density at radius 1 is 0.846 bits per heavy atom. The number of carboxylic acids is 1. The first kappa shape index (κ1) is 27.7. The van der Waals surface area contributed by atoms with E-state index in [1.54, 1.807) is 18.2 Å². The maximum atomic E-state index is 13.6. The number of amides is 3. The Morgan fingerprint density at radius 3 is 2.13 bits per heavy atom. The standard InChI is InChI=1S/C31H33N3O5/c1-20(2)17-26(29(37)32-19-21-9-5-3-6-10-21)33-27(15-16-28(35)36)34-30(38)24-14-13-23(18-25(24)31(34)39)22-11-7-4-8-12-22/h3-14,18,20,26-27,33H,15-17,19H2,1-2H3,(H,32,37)(H,35,36)/t26-,27?/m0/s1. The minimum Gasteiger partial charge on any atom is -0.481 e. The summed E-state index contributed by atoms with van der Waals surface area (Å²) in [7, 11) is 0. The second kappa shape index (κ2) is 12.5. The molecular formula is C31H33N3O5. The third-order valence-electron chi connectivity index (χ3n) is 6.70.